The SMILES string of the molecule is O=C1C=CC(=O)O1.[O]=[Ti]=[O]. The molecule has 0 atom stereocenters. The predicted octanol–water partition coefficient (Wildman–Crippen LogP) is -0.614. The van der Waals surface area contributed by atoms with E-state index < -0.39 is 31.0 Å². The molecule has 0 aromatic heterocycles. The van der Waals surface area contributed by atoms with E-state index in [4.69, 9.17) is 6.65 Å². The Hall–Kier alpha value is -0.806. The summed E-state index contributed by atoms with van der Waals surface area (Å²) in [5.74, 6) is -1.16. The molecule has 52 valence electrons. The van der Waals surface area contributed by atoms with E-state index in [2.05, 4.69) is 4.74 Å². The van der Waals surface area contributed by atoms with Crippen LogP contribution in [0.3, 0.4) is 0 Å². The van der Waals surface area contributed by atoms with Crippen LogP contribution in [0.4, 0.5) is 0 Å². The summed E-state index contributed by atoms with van der Waals surface area (Å²) in [6.07, 6.45) is 2.17. The van der Waals surface area contributed by atoms with E-state index in [0.717, 1.165) is 12.2 Å². The van der Waals surface area contributed by atoms with Crippen molar-refractivity contribution in [3.63, 3.8) is 0 Å². The molecule has 0 radical (unpaired) electrons. The molecule has 10 heavy (non-hydrogen) atoms. The predicted molar refractivity (Wildman–Crippen MR) is 21.6 cm³/mol. The van der Waals surface area contributed by atoms with Crippen LogP contribution in [0, 0.1) is 0 Å². The van der Waals surface area contributed by atoms with Gasteiger partial charge in [0.15, 0.2) is 0 Å². The third-order valence-electron chi connectivity index (χ3n) is 0.557. The number of hydrogen-bond acceptors (Lipinski definition) is 5. The van der Waals surface area contributed by atoms with Crippen LogP contribution in [-0.2, 0) is 40.1 Å². The van der Waals surface area contributed by atoms with Gasteiger partial charge in [-0.3, -0.25) is 0 Å². The summed E-state index contributed by atoms with van der Waals surface area (Å²) in [5, 5.41) is 0. The Morgan fingerprint density at radius 3 is 1.50 bits per heavy atom. The van der Waals surface area contributed by atoms with Crippen molar-refractivity contribution in [3.05, 3.63) is 12.2 Å². The Bertz CT molecular complexity index is 196. The first-order valence-electron chi connectivity index (χ1n) is 2.14. The second-order valence-electron chi connectivity index (χ2n) is 1.16. The van der Waals surface area contributed by atoms with Crippen molar-refractivity contribution in [2.45, 2.75) is 0 Å². The van der Waals surface area contributed by atoms with Gasteiger partial charge in [-0.1, -0.05) is 0 Å². The molecule has 1 heterocycles. The van der Waals surface area contributed by atoms with Gasteiger partial charge in [0, 0.05) is 12.2 Å². The zero-order chi connectivity index (χ0) is 7.98. The van der Waals surface area contributed by atoms with Crippen LogP contribution in [-0.4, -0.2) is 11.9 Å². The average Bonchev–Trinajstić information content (AvgIpc) is 2.17. The van der Waals surface area contributed by atoms with Crippen molar-refractivity contribution < 1.29 is 40.1 Å². The van der Waals surface area contributed by atoms with Gasteiger partial charge in [0.2, 0.25) is 0 Å². The number of carbonyl (C=O) groups excluding carboxylic acids is 2. The normalized spacial score (nSPS) is 13.2. The Labute approximate surface area is 64.6 Å². The number of esters is 2. The Balaban J connectivity index is 0.000000236. The molecule has 0 unspecified atom stereocenters. The fraction of sp³-hybridized carbons (Fsp3) is 0. The molecule has 0 fully saturated rings. The Morgan fingerprint density at radius 1 is 1.10 bits per heavy atom. The summed E-state index contributed by atoms with van der Waals surface area (Å²) in [6, 6.07) is 0. The number of hydrogen-bond donors (Lipinski definition) is 0. The summed E-state index contributed by atoms with van der Waals surface area (Å²) < 4.78 is 21.0. The van der Waals surface area contributed by atoms with E-state index in [0.29, 0.717) is 0 Å². The monoisotopic (exact) mass is 178 g/mol. The van der Waals surface area contributed by atoms with E-state index in [-0.39, 0.29) is 0 Å². The summed E-state index contributed by atoms with van der Waals surface area (Å²) in [7, 11) is 0. The van der Waals surface area contributed by atoms with Crippen LogP contribution < -0.4 is 0 Å². The first-order valence-corrected chi connectivity index (χ1v) is 3.41. The molecule has 0 bridgehead atoms. The van der Waals surface area contributed by atoms with E-state index in [1.165, 1.54) is 0 Å². The first kappa shape index (κ1) is 9.19. The number of cyclic esters (lactones) is 2. The minimum absolute atomic E-state index is 0.579. The molecule has 5 nitrogen and oxygen atoms in total. The zero-order valence-electron chi connectivity index (χ0n) is 4.70. The molecular formula is C4H2O5Ti. The molecule has 0 amide bonds. The van der Waals surface area contributed by atoms with E-state index in [1.807, 2.05) is 0 Å². The molecule has 0 spiro atoms. The van der Waals surface area contributed by atoms with Crippen LogP contribution in [0.5, 0.6) is 0 Å². The zero-order valence-corrected chi connectivity index (χ0v) is 6.26. The molecule has 0 saturated heterocycles. The summed E-state index contributed by atoms with van der Waals surface area (Å²) in [6.45, 7) is 0. The second kappa shape index (κ2) is 5.02. The standard InChI is InChI=1S/C4H2O3.2O.Ti/c5-3-1-2-4(6)7-3;;;/h1-2H;;;. The van der Waals surface area contributed by atoms with Crippen molar-refractivity contribution in [3.8, 4) is 0 Å². The number of carbonyl (C=O) groups is 2. The van der Waals surface area contributed by atoms with Crippen LogP contribution in [0.1, 0.15) is 0 Å². The van der Waals surface area contributed by atoms with Gasteiger partial charge in [-0.2, -0.15) is 0 Å². The molecule has 0 aromatic rings. The summed E-state index contributed by atoms with van der Waals surface area (Å²) >= 11 is -2.00. The maximum atomic E-state index is 9.92. The average molecular weight is 178 g/mol. The van der Waals surface area contributed by atoms with Crippen molar-refractivity contribution in [1.29, 1.82) is 0 Å². The van der Waals surface area contributed by atoms with Gasteiger partial charge in [0.25, 0.3) is 0 Å². The fourth-order valence-corrected chi connectivity index (χ4v) is 0.303. The Kier molecular flexibility index (Phi) is 4.61. The molecule has 0 N–H and O–H groups in total. The summed E-state index contributed by atoms with van der Waals surface area (Å²) in [5.41, 5.74) is 0. The van der Waals surface area contributed by atoms with Gasteiger partial charge in [-0.25, -0.2) is 9.59 Å². The number of ether oxygens (including phenoxy) is 1. The van der Waals surface area contributed by atoms with E-state index in [9.17, 15) is 9.59 Å². The topological polar surface area (TPSA) is 77.5 Å². The van der Waals surface area contributed by atoms with E-state index in [1.54, 1.807) is 0 Å². The summed E-state index contributed by atoms with van der Waals surface area (Å²) in [4.78, 5) is 19.8. The van der Waals surface area contributed by atoms with Gasteiger partial charge in [-0.15, -0.1) is 0 Å². The third-order valence-corrected chi connectivity index (χ3v) is 0.557. The molecular weight excluding hydrogens is 176 g/mol. The molecule has 1 aliphatic heterocycles. The van der Waals surface area contributed by atoms with Gasteiger partial charge in [-0.05, 0) is 0 Å². The van der Waals surface area contributed by atoms with Gasteiger partial charge in [0.05, 0.1) is 0 Å². The molecule has 0 saturated carbocycles. The number of rotatable bonds is 0. The third kappa shape index (κ3) is 4.11. The van der Waals surface area contributed by atoms with Gasteiger partial charge in [0.1, 0.15) is 0 Å². The molecule has 6 heteroatoms. The van der Waals surface area contributed by atoms with E-state index >= 15 is 0 Å². The van der Waals surface area contributed by atoms with Crippen molar-refractivity contribution in [2.24, 2.45) is 0 Å². The Morgan fingerprint density at radius 2 is 1.40 bits per heavy atom. The first-order chi connectivity index (χ1) is 4.70. The van der Waals surface area contributed by atoms with Crippen LogP contribution >= 0.6 is 0 Å². The van der Waals surface area contributed by atoms with Crippen LogP contribution in [0.25, 0.3) is 0 Å². The quantitative estimate of drug-likeness (QED) is 0.280. The molecule has 1 aliphatic rings. The van der Waals surface area contributed by atoms with Crippen LogP contribution in [0.15, 0.2) is 12.2 Å². The minimum atomic E-state index is -2.00. The van der Waals surface area contributed by atoms with Crippen molar-refractivity contribution in [2.75, 3.05) is 0 Å². The van der Waals surface area contributed by atoms with Gasteiger partial charge >= 0.3 is 37.7 Å². The molecule has 1 rings (SSSR count). The van der Waals surface area contributed by atoms with Crippen LogP contribution in [0.2, 0.25) is 0 Å². The van der Waals surface area contributed by atoms with Crippen molar-refractivity contribution in [1.82, 2.24) is 0 Å². The van der Waals surface area contributed by atoms with Gasteiger partial charge < -0.3 is 4.74 Å². The molecule has 0 aliphatic carbocycles. The second-order valence-corrected chi connectivity index (χ2v) is 1.42. The maximum absolute atomic E-state index is 9.92. The van der Waals surface area contributed by atoms with Crippen molar-refractivity contribution >= 4 is 11.9 Å². The molecule has 0 aromatic carbocycles. The fourth-order valence-electron chi connectivity index (χ4n) is 0.303.